The lowest BCUT2D eigenvalue weighted by molar-refractivity contribution is -0.232. The van der Waals surface area contributed by atoms with Crippen LogP contribution in [-0.2, 0) is 16.6 Å². The van der Waals surface area contributed by atoms with E-state index in [0.717, 1.165) is 31.2 Å². The van der Waals surface area contributed by atoms with Gasteiger partial charge in [0.05, 0.1) is 5.60 Å². The monoisotopic (exact) mass is 381 g/mol. The second-order valence-electron chi connectivity index (χ2n) is 10.9. The molecule has 5 aliphatic rings. The Bertz CT molecular complexity index is 896. The average Bonchev–Trinajstić information content (AvgIpc) is 2.70. The summed E-state index contributed by atoms with van der Waals surface area (Å²) in [5.41, 5.74) is 1.09. The number of ketones is 1. The third kappa shape index (κ3) is 1.60. The van der Waals surface area contributed by atoms with Crippen LogP contribution in [0.15, 0.2) is 18.2 Å². The largest absolute Gasteiger partial charge is 0.508 e. The van der Waals surface area contributed by atoms with Gasteiger partial charge in [0.15, 0.2) is 0 Å². The molecule has 4 fully saturated rings. The highest BCUT2D eigenvalue weighted by Gasteiger charge is 2.89. The smallest absolute Gasteiger partial charge is 0.137 e. The highest BCUT2D eigenvalue weighted by atomic mass is 16.3. The van der Waals surface area contributed by atoms with E-state index in [4.69, 9.17) is 0 Å². The molecule has 28 heavy (non-hydrogen) atoms. The summed E-state index contributed by atoms with van der Waals surface area (Å²) in [4.78, 5) is 15.8. The number of benzene rings is 1. The van der Waals surface area contributed by atoms with Crippen molar-refractivity contribution in [3.05, 3.63) is 29.3 Å². The first-order valence-electron chi connectivity index (χ1n) is 11.0. The van der Waals surface area contributed by atoms with E-state index >= 15 is 0 Å². The average molecular weight is 382 g/mol. The van der Waals surface area contributed by atoms with Crippen molar-refractivity contribution < 1.29 is 15.0 Å². The van der Waals surface area contributed by atoms with E-state index in [2.05, 4.69) is 25.8 Å². The Morgan fingerprint density at radius 1 is 1.29 bits per heavy atom. The van der Waals surface area contributed by atoms with Gasteiger partial charge in [-0.2, -0.15) is 0 Å². The quantitative estimate of drug-likeness (QED) is 0.845. The van der Waals surface area contributed by atoms with Gasteiger partial charge in [-0.25, -0.2) is 0 Å². The first-order chi connectivity index (χ1) is 13.3. The van der Waals surface area contributed by atoms with Gasteiger partial charge in [0.25, 0.3) is 0 Å². The molecule has 2 spiro atoms. The van der Waals surface area contributed by atoms with Crippen LogP contribution in [0.1, 0.15) is 57.1 Å². The highest BCUT2D eigenvalue weighted by molar-refractivity contribution is 5.86. The third-order valence-corrected chi connectivity index (χ3v) is 9.59. The maximum atomic E-state index is 13.4. The van der Waals surface area contributed by atoms with E-state index in [1.54, 1.807) is 6.07 Å². The van der Waals surface area contributed by atoms with E-state index in [0.29, 0.717) is 36.5 Å². The number of nitrogens with zero attached hydrogens (tertiary/aromatic N) is 1. The van der Waals surface area contributed by atoms with E-state index in [9.17, 15) is 15.0 Å². The maximum Gasteiger partial charge on any atom is 0.137 e. The predicted octanol–water partition coefficient (Wildman–Crippen LogP) is 3.04. The number of carbonyl (C=O) groups is 1. The molecule has 0 radical (unpaired) electrons. The van der Waals surface area contributed by atoms with Gasteiger partial charge in [0.1, 0.15) is 11.5 Å². The summed E-state index contributed by atoms with van der Waals surface area (Å²) in [7, 11) is 2.17. The van der Waals surface area contributed by atoms with Crippen molar-refractivity contribution in [1.29, 1.82) is 0 Å². The van der Waals surface area contributed by atoms with Crippen LogP contribution in [0.5, 0.6) is 5.75 Å². The van der Waals surface area contributed by atoms with Gasteiger partial charge in [-0.15, -0.1) is 0 Å². The molecule has 2 N–H and O–H groups in total. The number of likely N-dealkylation sites (tertiary alicyclic amines) is 1. The lowest BCUT2D eigenvalue weighted by atomic mass is 9.41. The Balaban J connectivity index is 1.52. The molecule has 150 valence electrons. The maximum absolute atomic E-state index is 13.4. The summed E-state index contributed by atoms with van der Waals surface area (Å²) in [5, 5.41) is 22.7. The van der Waals surface area contributed by atoms with Crippen LogP contribution in [0.3, 0.4) is 0 Å². The van der Waals surface area contributed by atoms with Gasteiger partial charge >= 0.3 is 0 Å². The number of aromatic hydroxyl groups is 1. The molecule has 1 aliphatic heterocycles. The van der Waals surface area contributed by atoms with Gasteiger partial charge < -0.3 is 10.2 Å². The molecule has 7 atom stereocenters. The summed E-state index contributed by atoms with van der Waals surface area (Å²) in [5.74, 6) is 1.51. The second-order valence-corrected chi connectivity index (χ2v) is 10.9. The van der Waals surface area contributed by atoms with Crippen molar-refractivity contribution in [2.24, 2.45) is 23.2 Å². The fourth-order valence-electron chi connectivity index (χ4n) is 8.71. The Morgan fingerprint density at radius 3 is 2.82 bits per heavy atom. The molecule has 1 heterocycles. The molecule has 6 rings (SSSR count). The van der Waals surface area contributed by atoms with Crippen LogP contribution in [0.4, 0.5) is 0 Å². The molecule has 4 nitrogen and oxygen atoms in total. The predicted molar refractivity (Wildman–Crippen MR) is 106 cm³/mol. The Hall–Kier alpha value is -1.39. The topological polar surface area (TPSA) is 60.8 Å². The van der Waals surface area contributed by atoms with Gasteiger partial charge in [-0.05, 0) is 67.8 Å². The van der Waals surface area contributed by atoms with Crippen LogP contribution in [0, 0.1) is 23.2 Å². The number of carbonyl (C=O) groups excluding carboxylic acids is 1. The fourth-order valence-corrected chi connectivity index (χ4v) is 8.71. The number of phenols is 1. The summed E-state index contributed by atoms with van der Waals surface area (Å²) >= 11 is 0. The van der Waals surface area contributed by atoms with Crippen molar-refractivity contribution >= 4 is 5.78 Å². The first kappa shape index (κ1) is 17.5. The molecule has 2 bridgehead atoms. The van der Waals surface area contributed by atoms with Gasteiger partial charge in [-0.1, -0.05) is 26.3 Å². The molecule has 4 aliphatic carbocycles. The van der Waals surface area contributed by atoms with Gasteiger partial charge in [0.2, 0.25) is 0 Å². The molecule has 3 unspecified atom stereocenters. The lowest BCUT2D eigenvalue weighted by Crippen LogP contribution is -2.80. The Morgan fingerprint density at radius 2 is 2.07 bits per heavy atom. The molecule has 1 aromatic carbocycles. The zero-order chi connectivity index (χ0) is 19.6. The van der Waals surface area contributed by atoms with Crippen LogP contribution < -0.4 is 0 Å². The highest BCUT2D eigenvalue weighted by Crippen LogP contribution is 2.82. The summed E-state index contributed by atoms with van der Waals surface area (Å²) in [6.07, 6.45) is 5.03. The number of phenolic OH excluding ortho intramolecular Hbond substituents is 1. The molecular formula is C24H31NO3. The Kier molecular flexibility index (Phi) is 3.13. The zero-order valence-electron chi connectivity index (χ0n) is 17.1. The fraction of sp³-hybridized carbons (Fsp3) is 0.708. The van der Waals surface area contributed by atoms with Gasteiger partial charge in [-0.3, -0.25) is 9.69 Å². The van der Waals surface area contributed by atoms with Crippen molar-refractivity contribution in [3.8, 4) is 5.75 Å². The van der Waals surface area contributed by atoms with Crippen LogP contribution in [0.2, 0.25) is 0 Å². The zero-order valence-corrected chi connectivity index (χ0v) is 17.1. The normalized spacial score (nSPS) is 47.8. The van der Waals surface area contributed by atoms with Crippen LogP contribution in [0.25, 0.3) is 0 Å². The summed E-state index contributed by atoms with van der Waals surface area (Å²) in [6.45, 7) is 4.41. The van der Waals surface area contributed by atoms with Crippen molar-refractivity contribution in [2.75, 3.05) is 7.05 Å². The van der Waals surface area contributed by atoms with Crippen LogP contribution in [-0.4, -0.2) is 45.6 Å². The van der Waals surface area contributed by atoms with Crippen molar-refractivity contribution in [3.63, 3.8) is 0 Å². The SMILES string of the molecule is CC(C)CC[C@H]1C[C@@]2(O)[C@@H]3N(C)C4CC5C43Cc3ccc(O)cc3[C@]52CC1=O. The van der Waals surface area contributed by atoms with Crippen molar-refractivity contribution in [1.82, 2.24) is 4.90 Å². The molecule has 0 aromatic heterocycles. The Labute approximate surface area is 166 Å². The van der Waals surface area contributed by atoms with E-state index < -0.39 is 11.0 Å². The number of likely N-dealkylation sites (N-methyl/N-ethyl adjacent to an activating group) is 1. The number of Topliss-reactive ketones (excluding diaryl/α,β-unsaturated/α-hetero) is 1. The number of fused-ring (bicyclic) bond motifs is 2. The van der Waals surface area contributed by atoms with Crippen molar-refractivity contribution in [2.45, 2.75) is 75.5 Å². The number of hydrogen-bond acceptors (Lipinski definition) is 4. The minimum Gasteiger partial charge on any atom is -0.508 e. The molecule has 4 heteroatoms. The van der Waals surface area contributed by atoms with E-state index in [1.165, 1.54) is 5.56 Å². The molecular weight excluding hydrogens is 350 g/mol. The first-order valence-corrected chi connectivity index (χ1v) is 11.0. The second kappa shape index (κ2) is 5.02. The minimum atomic E-state index is -0.867. The number of hydrogen-bond donors (Lipinski definition) is 2. The molecule has 1 aromatic rings. The number of aliphatic hydroxyl groups is 1. The summed E-state index contributed by atoms with van der Waals surface area (Å²) in [6, 6.07) is 6.37. The van der Waals surface area contributed by atoms with E-state index in [-0.39, 0.29) is 23.1 Å². The molecule has 0 amide bonds. The summed E-state index contributed by atoms with van der Waals surface area (Å²) < 4.78 is 0. The lowest BCUT2D eigenvalue weighted by Gasteiger charge is -2.72. The standard InChI is InChI=1S/C24H31NO3/c1-13(2)4-5-15-11-24(28)21-22-10-14-6-7-16(26)8-17(14)23(24,12-18(15)27)19(22)9-20(22)25(21)3/h6-8,13,15,19-21,26,28H,4-5,9-12H2,1-3H3/t15-,19?,20?,21+,22?,23+,24+/m0/s1. The minimum absolute atomic E-state index is 0.0265. The van der Waals surface area contributed by atoms with E-state index in [1.807, 2.05) is 12.1 Å². The van der Waals surface area contributed by atoms with Crippen LogP contribution >= 0.6 is 0 Å². The molecule has 1 saturated heterocycles. The number of piperidine rings is 1. The number of rotatable bonds is 3. The third-order valence-electron chi connectivity index (χ3n) is 9.59. The van der Waals surface area contributed by atoms with Gasteiger partial charge in [0, 0.05) is 35.3 Å². The molecule has 3 saturated carbocycles.